The number of hydrogen-bond acceptors (Lipinski definition) is 5. The molecule has 32 heavy (non-hydrogen) atoms. The van der Waals surface area contributed by atoms with E-state index < -0.39 is 6.04 Å². The van der Waals surface area contributed by atoms with Crippen LogP contribution >= 0.6 is 11.6 Å². The first-order chi connectivity index (χ1) is 15.5. The van der Waals surface area contributed by atoms with Crippen LogP contribution in [-0.4, -0.2) is 64.7 Å². The fourth-order valence-corrected chi connectivity index (χ4v) is 4.13. The minimum absolute atomic E-state index is 0.108. The second kappa shape index (κ2) is 9.54. The van der Waals surface area contributed by atoms with Crippen LogP contribution in [0.5, 0.6) is 0 Å². The Hall–Kier alpha value is -3.16. The van der Waals surface area contributed by atoms with Gasteiger partial charge in [-0.2, -0.15) is 5.10 Å². The van der Waals surface area contributed by atoms with Gasteiger partial charge in [-0.05, 0) is 42.8 Å². The molecule has 1 aromatic heterocycles. The fraction of sp³-hybridized carbons (Fsp3) is 0.292. The number of ether oxygens (including phenoxy) is 1. The maximum absolute atomic E-state index is 13.1. The molecule has 2 heterocycles. The van der Waals surface area contributed by atoms with Crippen LogP contribution in [0.2, 0.25) is 5.02 Å². The number of benzene rings is 2. The van der Waals surface area contributed by atoms with E-state index in [2.05, 4.69) is 5.10 Å². The number of amides is 1. The molecule has 0 N–H and O–H groups in total. The molecule has 0 bridgehead atoms. The van der Waals surface area contributed by atoms with Crippen molar-refractivity contribution in [2.45, 2.75) is 13.0 Å². The van der Waals surface area contributed by atoms with Crippen LogP contribution in [0.25, 0.3) is 5.69 Å². The molecule has 1 fully saturated rings. The molecule has 1 aliphatic heterocycles. The van der Waals surface area contributed by atoms with Crippen molar-refractivity contribution in [3.63, 3.8) is 0 Å². The minimum atomic E-state index is -0.533. The lowest BCUT2D eigenvalue weighted by molar-refractivity contribution is -0.148. The molecular formula is C24H25ClN4O3. The van der Waals surface area contributed by atoms with Crippen LogP contribution in [0.1, 0.15) is 27.8 Å². The Bertz CT molecular complexity index is 1090. The predicted molar refractivity (Wildman–Crippen MR) is 122 cm³/mol. The van der Waals surface area contributed by atoms with Gasteiger partial charge in [-0.3, -0.25) is 9.69 Å². The summed E-state index contributed by atoms with van der Waals surface area (Å²) in [5.74, 6) is -0.437. The van der Waals surface area contributed by atoms with E-state index in [1.165, 1.54) is 7.11 Å². The first kappa shape index (κ1) is 22.0. The lowest BCUT2D eigenvalue weighted by atomic mass is 10.0. The van der Waals surface area contributed by atoms with Crippen LogP contribution in [0.4, 0.5) is 0 Å². The minimum Gasteiger partial charge on any atom is -0.468 e. The van der Waals surface area contributed by atoms with E-state index in [1.54, 1.807) is 21.7 Å². The number of carbonyl (C=O) groups excluding carboxylic acids is 2. The number of halogens is 1. The van der Waals surface area contributed by atoms with E-state index in [0.717, 1.165) is 16.9 Å². The topological polar surface area (TPSA) is 67.7 Å². The summed E-state index contributed by atoms with van der Waals surface area (Å²) in [5, 5.41) is 5.14. The van der Waals surface area contributed by atoms with Gasteiger partial charge in [0.05, 0.1) is 12.8 Å². The molecule has 4 rings (SSSR count). The van der Waals surface area contributed by atoms with Gasteiger partial charge >= 0.3 is 5.97 Å². The van der Waals surface area contributed by atoms with Crippen molar-refractivity contribution in [3.8, 4) is 5.69 Å². The normalized spacial score (nSPS) is 15.4. The van der Waals surface area contributed by atoms with Crippen molar-refractivity contribution >= 4 is 23.5 Å². The zero-order valence-electron chi connectivity index (χ0n) is 18.1. The number of rotatable bonds is 5. The number of esters is 1. The number of aromatic nitrogens is 2. The lowest BCUT2D eigenvalue weighted by Crippen LogP contribution is -2.51. The number of methoxy groups -OCH3 is 1. The van der Waals surface area contributed by atoms with Crippen molar-refractivity contribution in [1.82, 2.24) is 19.6 Å². The Kier molecular flexibility index (Phi) is 6.58. The number of nitrogens with zero attached hydrogens (tertiary/aromatic N) is 4. The van der Waals surface area contributed by atoms with Gasteiger partial charge in [0.1, 0.15) is 6.04 Å². The van der Waals surface area contributed by atoms with Gasteiger partial charge < -0.3 is 9.64 Å². The summed E-state index contributed by atoms with van der Waals surface area (Å²) >= 11 is 6.00. The van der Waals surface area contributed by atoms with Gasteiger partial charge in [0.15, 0.2) is 5.69 Å². The summed E-state index contributed by atoms with van der Waals surface area (Å²) in [6.07, 6.45) is 0. The smallest absolute Gasteiger partial charge is 0.327 e. The van der Waals surface area contributed by atoms with Crippen molar-refractivity contribution in [2.75, 3.05) is 33.3 Å². The Morgan fingerprint density at radius 1 is 1.00 bits per heavy atom. The average Bonchev–Trinajstić information content (AvgIpc) is 3.22. The zero-order valence-corrected chi connectivity index (χ0v) is 18.8. The Morgan fingerprint density at radius 2 is 1.66 bits per heavy atom. The van der Waals surface area contributed by atoms with Crippen LogP contribution in [-0.2, 0) is 9.53 Å². The number of hydrogen-bond donors (Lipinski definition) is 0. The largest absolute Gasteiger partial charge is 0.468 e. The molecular weight excluding hydrogens is 428 g/mol. The van der Waals surface area contributed by atoms with E-state index in [1.807, 2.05) is 60.4 Å². The van der Waals surface area contributed by atoms with Crippen LogP contribution in [0, 0.1) is 6.92 Å². The highest BCUT2D eigenvalue weighted by atomic mass is 35.5. The SMILES string of the molecule is COC(=O)C(c1ccc(Cl)cc1)N1CCN(C(=O)c2cc(C)n(-c3ccccc3)n2)CC1. The third-order valence-electron chi connectivity index (χ3n) is 5.68. The first-order valence-corrected chi connectivity index (χ1v) is 10.8. The summed E-state index contributed by atoms with van der Waals surface area (Å²) in [7, 11) is 1.39. The molecule has 3 aromatic rings. The highest BCUT2D eigenvalue weighted by Gasteiger charge is 2.33. The first-order valence-electron chi connectivity index (χ1n) is 10.5. The Morgan fingerprint density at radius 3 is 2.28 bits per heavy atom. The van der Waals surface area contributed by atoms with Gasteiger partial charge in [0.25, 0.3) is 5.91 Å². The standard InChI is InChI=1S/C24H25ClN4O3/c1-17-16-21(26-29(17)20-6-4-3-5-7-20)23(30)28-14-12-27(13-15-28)22(24(31)32-2)18-8-10-19(25)11-9-18/h3-11,16,22H,12-15H2,1-2H3. The number of piperazine rings is 1. The summed E-state index contributed by atoms with van der Waals surface area (Å²) in [6.45, 7) is 4.02. The summed E-state index contributed by atoms with van der Waals surface area (Å²) in [6, 6.07) is 18.2. The lowest BCUT2D eigenvalue weighted by Gasteiger charge is -2.38. The van der Waals surface area contributed by atoms with E-state index in [4.69, 9.17) is 16.3 Å². The molecule has 1 aliphatic rings. The molecule has 8 heteroatoms. The maximum Gasteiger partial charge on any atom is 0.327 e. The van der Waals surface area contributed by atoms with Gasteiger partial charge in [0, 0.05) is 36.9 Å². The summed E-state index contributed by atoms with van der Waals surface area (Å²) in [5.41, 5.74) is 3.05. The van der Waals surface area contributed by atoms with Crippen LogP contribution < -0.4 is 0 Å². The molecule has 1 amide bonds. The third-order valence-corrected chi connectivity index (χ3v) is 5.94. The molecule has 0 aliphatic carbocycles. The summed E-state index contributed by atoms with van der Waals surface area (Å²) < 4.78 is 6.82. The van der Waals surface area contributed by atoms with Crippen molar-refractivity contribution in [2.24, 2.45) is 0 Å². The van der Waals surface area contributed by atoms with Gasteiger partial charge in [-0.1, -0.05) is 41.9 Å². The fourth-order valence-electron chi connectivity index (χ4n) is 4.01. The quantitative estimate of drug-likeness (QED) is 0.554. The van der Waals surface area contributed by atoms with Gasteiger partial charge in [0.2, 0.25) is 0 Å². The number of para-hydroxylation sites is 1. The van der Waals surface area contributed by atoms with Crippen LogP contribution in [0.3, 0.4) is 0 Å². The van der Waals surface area contributed by atoms with E-state index in [9.17, 15) is 9.59 Å². The highest BCUT2D eigenvalue weighted by Crippen LogP contribution is 2.25. The van der Waals surface area contributed by atoms with Crippen molar-refractivity contribution < 1.29 is 14.3 Å². The number of aryl methyl sites for hydroxylation is 1. The van der Waals surface area contributed by atoms with E-state index >= 15 is 0 Å². The molecule has 1 unspecified atom stereocenters. The molecule has 7 nitrogen and oxygen atoms in total. The van der Waals surface area contributed by atoms with Gasteiger partial charge in [-0.15, -0.1) is 0 Å². The van der Waals surface area contributed by atoms with Crippen molar-refractivity contribution in [1.29, 1.82) is 0 Å². The highest BCUT2D eigenvalue weighted by molar-refractivity contribution is 6.30. The monoisotopic (exact) mass is 452 g/mol. The van der Waals surface area contributed by atoms with Crippen LogP contribution in [0.15, 0.2) is 60.7 Å². The molecule has 0 radical (unpaired) electrons. The van der Waals surface area contributed by atoms with Gasteiger partial charge in [-0.25, -0.2) is 9.48 Å². The van der Waals surface area contributed by atoms with Crippen molar-refractivity contribution in [3.05, 3.63) is 82.6 Å². The Balaban J connectivity index is 1.46. The molecule has 166 valence electrons. The maximum atomic E-state index is 13.1. The molecule has 0 saturated carbocycles. The third kappa shape index (κ3) is 4.54. The molecule has 0 spiro atoms. The van der Waals surface area contributed by atoms with E-state index in [-0.39, 0.29) is 11.9 Å². The molecule has 2 aromatic carbocycles. The molecule has 1 atom stereocenters. The number of carbonyl (C=O) groups is 2. The Labute approximate surface area is 192 Å². The second-order valence-corrected chi connectivity index (χ2v) is 8.16. The predicted octanol–water partition coefficient (Wildman–Crippen LogP) is 3.51. The average molecular weight is 453 g/mol. The second-order valence-electron chi connectivity index (χ2n) is 7.72. The van der Waals surface area contributed by atoms with E-state index in [0.29, 0.717) is 36.9 Å². The molecule has 1 saturated heterocycles. The zero-order chi connectivity index (χ0) is 22.7. The summed E-state index contributed by atoms with van der Waals surface area (Å²) in [4.78, 5) is 29.4.